The fraction of sp³-hybridized carbons (Fsp3) is 0.250. The molecule has 3 aromatic rings. The average Bonchev–Trinajstić information content (AvgIpc) is 3.09. The number of H-pyrrole nitrogens is 1. The number of aromatic amines is 1. The fourth-order valence-electron chi connectivity index (χ4n) is 3.35. The van der Waals surface area contributed by atoms with Crippen LogP contribution in [0.2, 0.25) is 0 Å². The van der Waals surface area contributed by atoms with E-state index in [-0.39, 0.29) is 11.7 Å². The molecule has 26 heavy (non-hydrogen) atoms. The van der Waals surface area contributed by atoms with Gasteiger partial charge in [-0.3, -0.25) is 4.79 Å². The van der Waals surface area contributed by atoms with Crippen LogP contribution in [0.1, 0.15) is 27.4 Å². The van der Waals surface area contributed by atoms with Gasteiger partial charge in [-0.1, -0.05) is 0 Å². The Morgan fingerprint density at radius 2 is 1.88 bits per heavy atom. The molecule has 0 spiro atoms. The van der Waals surface area contributed by atoms with Crippen molar-refractivity contribution in [2.45, 2.75) is 19.8 Å². The zero-order valence-corrected chi connectivity index (χ0v) is 14.5. The molecule has 0 radical (unpaired) electrons. The van der Waals surface area contributed by atoms with Crippen LogP contribution in [0, 0.1) is 12.7 Å². The van der Waals surface area contributed by atoms with Crippen molar-refractivity contribution < 1.29 is 9.18 Å². The van der Waals surface area contributed by atoms with Crippen molar-refractivity contribution in [3.8, 4) is 11.4 Å². The van der Waals surface area contributed by atoms with Crippen LogP contribution in [0.25, 0.3) is 11.4 Å². The van der Waals surface area contributed by atoms with Gasteiger partial charge in [-0.2, -0.15) is 0 Å². The van der Waals surface area contributed by atoms with Gasteiger partial charge in [0.2, 0.25) is 0 Å². The van der Waals surface area contributed by atoms with Gasteiger partial charge in [0.15, 0.2) is 5.82 Å². The summed E-state index contributed by atoms with van der Waals surface area (Å²) in [5.74, 6) is 0.330. The largest absolute Gasteiger partial charge is 0.357 e. The molecule has 0 atom stereocenters. The van der Waals surface area contributed by atoms with Gasteiger partial charge in [0, 0.05) is 42.7 Å². The highest BCUT2D eigenvalue weighted by atomic mass is 19.1. The molecule has 0 saturated carbocycles. The van der Waals surface area contributed by atoms with Crippen molar-refractivity contribution in [1.29, 1.82) is 0 Å². The topological polar surface area (TPSA) is 61.9 Å². The predicted octanol–water partition coefficient (Wildman–Crippen LogP) is 3.16. The molecule has 1 aromatic carbocycles. The number of nitrogens with zero attached hydrogens (tertiary/aromatic N) is 3. The number of halogens is 1. The molecular formula is C20H19FN4O. The van der Waals surface area contributed by atoms with E-state index in [0.29, 0.717) is 31.0 Å². The van der Waals surface area contributed by atoms with Crippen LogP contribution in [0.15, 0.2) is 42.6 Å². The number of carbonyl (C=O) groups is 1. The maximum Gasteiger partial charge on any atom is 0.270 e. The second-order valence-corrected chi connectivity index (χ2v) is 6.44. The zero-order chi connectivity index (χ0) is 18.1. The number of nitrogens with one attached hydrogen (secondary N) is 1. The van der Waals surface area contributed by atoms with E-state index in [1.165, 1.54) is 12.1 Å². The summed E-state index contributed by atoms with van der Waals surface area (Å²) in [4.78, 5) is 26.7. The molecule has 2 aromatic heterocycles. The van der Waals surface area contributed by atoms with Gasteiger partial charge in [0.25, 0.3) is 5.91 Å². The Morgan fingerprint density at radius 3 is 2.62 bits per heavy atom. The van der Waals surface area contributed by atoms with Crippen molar-refractivity contribution in [3.63, 3.8) is 0 Å². The summed E-state index contributed by atoms with van der Waals surface area (Å²) < 4.78 is 13.2. The van der Waals surface area contributed by atoms with Crippen LogP contribution in [0.4, 0.5) is 4.39 Å². The van der Waals surface area contributed by atoms with Gasteiger partial charge >= 0.3 is 0 Å². The number of hydrogen-bond donors (Lipinski definition) is 1. The molecule has 4 rings (SSSR count). The Balaban J connectivity index is 1.61. The summed E-state index contributed by atoms with van der Waals surface area (Å²) in [5, 5.41) is 0. The quantitative estimate of drug-likeness (QED) is 0.772. The number of rotatable bonds is 2. The van der Waals surface area contributed by atoms with E-state index in [2.05, 4.69) is 9.97 Å². The third kappa shape index (κ3) is 3.10. The van der Waals surface area contributed by atoms with Gasteiger partial charge < -0.3 is 9.88 Å². The minimum atomic E-state index is -0.279. The summed E-state index contributed by atoms with van der Waals surface area (Å²) in [6, 6.07) is 9.82. The summed E-state index contributed by atoms with van der Waals surface area (Å²) in [7, 11) is 0. The summed E-state index contributed by atoms with van der Waals surface area (Å²) >= 11 is 0. The summed E-state index contributed by atoms with van der Waals surface area (Å²) in [6.45, 7) is 3.23. The molecule has 132 valence electrons. The van der Waals surface area contributed by atoms with Crippen LogP contribution in [-0.4, -0.2) is 38.8 Å². The Bertz CT molecular complexity index is 935. The summed E-state index contributed by atoms with van der Waals surface area (Å²) in [6.07, 6.45) is 3.17. The Hall–Kier alpha value is -3.02. The molecule has 1 aliphatic rings. The third-order valence-corrected chi connectivity index (χ3v) is 4.77. The fourth-order valence-corrected chi connectivity index (χ4v) is 3.35. The minimum Gasteiger partial charge on any atom is -0.357 e. The van der Waals surface area contributed by atoms with Crippen LogP contribution in [0.5, 0.6) is 0 Å². The highest BCUT2D eigenvalue weighted by molar-refractivity contribution is 5.92. The van der Waals surface area contributed by atoms with Crippen molar-refractivity contribution in [1.82, 2.24) is 19.9 Å². The highest BCUT2D eigenvalue weighted by Crippen LogP contribution is 2.23. The average molecular weight is 350 g/mol. The van der Waals surface area contributed by atoms with Crippen LogP contribution < -0.4 is 0 Å². The number of hydrogen-bond acceptors (Lipinski definition) is 3. The first-order valence-electron chi connectivity index (χ1n) is 8.67. The van der Waals surface area contributed by atoms with Crippen molar-refractivity contribution in [2.24, 2.45) is 0 Å². The molecule has 0 saturated heterocycles. The minimum absolute atomic E-state index is 0.00664. The molecule has 5 nitrogen and oxygen atoms in total. The number of fused-ring (bicyclic) bond motifs is 1. The smallest absolute Gasteiger partial charge is 0.270 e. The van der Waals surface area contributed by atoms with Crippen LogP contribution >= 0.6 is 0 Å². The van der Waals surface area contributed by atoms with Crippen molar-refractivity contribution in [2.75, 3.05) is 13.1 Å². The molecular weight excluding hydrogens is 331 g/mol. The SMILES string of the molecule is Cc1nc(-c2ccc(F)cc2)nc2c1CCN(C(=O)c1ccc[nH]1)CC2. The van der Waals surface area contributed by atoms with E-state index in [1.54, 1.807) is 24.4 Å². The molecule has 0 fully saturated rings. The molecule has 1 aliphatic heterocycles. The van der Waals surface area contributed by atoms with Crippen LogP contribution in [0.3, 0.4) is 0 Å². The molecule has 6 heteroatoms. The van der Waals surface area contributed by atoms with Gasteiger partial charge in [0.05, 0.1) is 0 Å². The van der Waals surface area contributed by atoms with Gasteiger partial charge in [-0.15, -0.1) is 0 Å². The van der Waals surface area contributed by atoms with E-state index in [4.69, 9.17) is 4.98 Å². The van der Waals surface area contributed by atoms with Crippen molar-refractivity contribution in [3.05, 3.63) is 71.1 Å². The molecule has 3 heterocycles. The van der Waals surface area contributed by atoms with Gasteiger partial charge in [-0.05, 0) is 55.3 Å². The van der Waals surface area contributed by atoms with Crippen LogP contribution in [-0.2, 0) is 12.8 Å². The lowest BCUT2D eigenvalue weighted by atomic mass is 10.1. The number of aromatic nitrogens is 3. The predicted molar refractivity (Wildman–Crippen MR) is 96.3 cm³/mol. The zero-order valence-electron chi connectivity index (χ0n) is 14.5. The lowest BCUT2D eigenvalue weighted by molar-refractivity contribution is 0.0757. The van der Waals surface area contributed by atoms with E-state index in [9.17, 15) is 9.18 Å². The molecule has 0 bridgehead atoms. The van der Waals surface area contributed by atoms with E-state index >= 15 is 0 Å². The highest BCUT2D eigenvalue weighted by Gasteiger charge is 2.23. The molecule has 0 aliphatic carbocycles. The molecule has 1 N–H and O–H groups in total. The molecule has 0 unspecified atom stereocenters. The first-order chi connectivity index (χ1) is 12.6. The number of amides is 1. The molecule has 1 amide bonds. The monoisotopic (exact) mass is 350 g/mol. The standard InChI is InChI=1S/C20H19FN4O/c1-13-16-8-11-25(20(26)18-3-2-10-22-18)12-9-17(16)24-19(23-13)14-4-6-15(21)7-5-14/h2-7,10,22H,8-9,11-12H2,1H3. The van der Waals surface area contributed by atoms with E-state index < -0.39 is 0 Å². The Labute approximate surface area is 150 Å². The number of carbonyl (C=O) groups excluding carboxylic acids is 1. The van der Waals surface area contributed by atoms with E-state index in [1.807, 2.05) is 17.9 Å². The van der Waals surface area contributed by atoms with Gasteiger partial charge in [0.1, 0.15) is 11.5 Å². The maximum absolute atomic E-state index is 13.2. The Morgan fingerprint density at radius 1 is 1.12 bits per heavy atom. The third-order valence-electron chi connectivity index (χ3n) is 4.77. The number of benzene rings is 1. The first kappa shape index (κ1) is 16.4. The van der Waals surface area contributed by atoms with Crippen molar-refractivity contribution >= 4 is 5.91 Å². The first-order valence-corrected chi connectivity index (χ1v) is 8.67. The Kier molecular flexibility index (Phi) is 4.24. The van der Waals surface area contributed by atoms with E-state index in [0.717, 1.165) is 28.9 Å². The maximum atomic E-state index is 13.2. The lowest BCUT2D eigenvalue weighted by Crippen LogP contribution is -2.33. The second-order valence-electron chi connectivity index (χ2n) is 6.44. The number of aryl methyl sites for hydroxylation is 1. The second kappa shape index (κ2) is 6.71. The summed E-state index contributed by atoms with van der Waals surface area (Å²) in [5.41, 5.74) is 4.39. The lowest BCUT2D eigenvalue weighted by Gasteiger charge is -2.19. The normalized spacial score (nSPS) is 14.0. The van der Waals surface area contributed by atoms with Gasteiger partial charge in [-0.25, -0.2) is 14.4 Å².